The number of furan rings is 1. The van der Waals surface area contributed by atoms with Crippen LogP contribution in [-0.2, 0) is 16.1 Å². The standard InChI is InChI=1S/C19H16ClNO5S/c1-10-14-7-12(20)3-5-16(14)26-18(10)19(24)25-9-15(23)17-6-4-13(27-17)8-21-11(2)22/h3-7H,8-9H2,1-2H3,(H,21,22). The van der Waals surface area contributed by atoms with Gasteiger partial charge in [-0.25, -0.2) is 4.79 Å². The average Bonchev–Trinajstić information content (AvgIpc) is 3.23. The number of hydrogen-bond acceptors (Lipinski definition) is 6. The van der Waals surface area contributed by atoms with Crippen LogP contribution < -0.4 is 5.32 Å². The number of rotatable bonds is 6. The number of amides is 1. The number of aryl methyl sites for hydroxylation is 1. The zero-order valence-electron chi connectivity index (χ0n) is 14.6. The number of esters is 1. The number of thiophene rings is 1. The maximum atomic E-state index is 12.3. The van der Waals surface area contributed by atoms with Crippen LogP contribution in [0.4, 0.5) is 0 Å². The van der Waals surface area contributed by atoms with E-state index in [4.69, 9.17) is 20.8 Å². The van der Waals surface area contributed by atoms with Gasteiger partial charge in [-0.3, -0.25) is 9.59 Å². The number of carbonyl (C=O) groups is 3. The minimum atomic E-state index is -0.705. The molecule has 3 aromatic rings. The molecule has 0 spiro atoms. The van der Waals surface area contributed by atoms with Crippen LogP contribution in [0.5, 0.6) is 0 Å². The van der Waals surface area contributed by atoms with Crippen molar-refractivity contribution in [3.05, 3.63) is 56.4 Å². The maximum Gasteiger partial charge on any atom is 0.375 e. The SMILES string of the molecule is CC(=O)NCc1ccc(C(=O)COC(=O)c2oc3ccc(Cl)cc3c2C)s1. The molecule has 0 bridgehead atoms. The summed E-state index contributed by atoms with van der Waals surface area (Å²) in [6, 6.07) is 8.45. The van der Waals surface area contributed by atoms with E-state index >= 15 is 0 Å². The van der Waals surface area contributed by atoms with Gasteiger partial charge >= 0.3 is 5.97 Å². The van der Waals surface area contributed by atoms with Crippen molar-refractivity contribution in [2.75, 3.05) is 6.61 Å². The Morgan fingerprint density at radius 3 is 2.74 bits per heavy atom. The first-order valence-corrected chi connectivity index (χ1v) is 9.26. The van der Waals surface area contributed by atoms with E-state index < -0.39 is 12.6 Å². The lowest BCUT2D eigenvalue weighted by Crippen LogP contribution is -2.18. The molecule has 0 fully saturated rings. The van der Waals surface area contributed by atoms with Crippen molar-refractivity contribution in [1.82, 2.24) is 5.32 Å². The summed E-state index contributed by atoms with van der Waals surface area (Å²) in [5, 5.41) is 3.92. The van der Waals surface area contributed by atoms with Crippen LogP contribution in [0.3, 0.4) is 0 Å². The van der Waals surface area contributed by atoms with Crippen LogP contribution in [-0.4, -0.2) is 24.3 Å². The van der Waals surface area contributed by atoms with Crippen LogP contribution in [0.15, 0.2) is 34.7 Å². The molecular weight excluding hydrogens is 390 g/mol. The Morgan fingerprint density at radius 1 is 1.22 bits per heavy atom. The number of Topliss-reactive ketones (excluding diaryl/α,β-unsaturated/α-hetero) is 1. The van der Waals surface area contributed by atoms with Gasteiger partial charge in [0, 0.05) is 27.8 Å². The molecule has 140 valence electrons. The van der Waals surface area contributed by atoms with E-state index in [2.05, 4.69) is 5.32 Å². The van der Waals surface area contributed by atoms with E-state index in [9.17, 15) is 14.4 Å². The van der Waals surface area contributed by atoms with Crippen molar-refractivity contribution in [3.8, 4) is 0 Å². The number of halogens is 1. The molecular formula is C19H16ClNO5S. The second-order valence-corrected chi connectivity index (χ2v) is 7.48. The molecule has 3 rings (SSSR count). The molecule has 8 heteroatoms. The Hall–Kier alpha value is -2.64. The molecule has 0 radical (unpaired) electrons. The summed E-state index contributed by atoms with van der Waals surface area (Å²) in [6.07, 6.45) is 0. The highest BCUT2D eigenvalue weighted by Gasteiger charge is 2.21. The molecule has 0 atom stereocenters. The average molecular weight is 406 g/mol. The summed E-state index contributed by atoms with van der Waals surface area (Å²) in [4.78, 5) is 36.8. The first kappa shape index (κ1) is 19.1. The molecule has 2 aromatic heterocycles. The first-order valence-electron chi connectivity index (χ1n) is 8.07. The zero-order chi connectivity index (χ0) is 19.6. The molecule has 0 saturated carbocycles. The summed E-state index contributed by atoms with van der Waals surface area (Å²) in [5.41, 5.74) is 1.13. The van der Waals surface area contributed by atoms with Gasteiger partial charge in [0.1, 0.15) is 5.58 Å². The lowest BCUT2D eigenvalue weighted by Gasteiger charge is -2.02. The Morgan fingerprint density at radius 2 is 2.00 bits per heavy atom. The van der Waals surface area contributed by atoms with Crippen LogP contribution in [0.25, 0.3) is 11.0 Å². The molecule has 27 heavy (non-hydrogen) atoms. The van der Waals surface area contributed by atoms with E-state index in [1.165, 1.54) is 18.3 Å². The smallest absolute Gasteiger partial charge is 0.375 e. The summed E-state index contributed by atoms with van der Waals surface area (Å²) in [7, 11) is 0. The van der Waals surface area contributed by atoms with Gasteiger partial charge in [-0.2, -0.15) is 0 Å². The third-order valence-corrected chi connectivity index (χ3v) is 5.23. The topological polar surface area (TPSA) is 85.6 Å². The van der Waals surface area contributed by atoms with Crippen molar-refractivity contribution in [2.45, 2.75) is 20.4 Å². The number of nitrogens with one attached hydrogen (secondary N) is 1. The summed E-state index contributed by atoms with van der Waals surface area (Å²) in [5.74, 6) is -1.12. The van der Waals surface area contributed by atoms with Gasteiger partial charge in [0.05, 0.1) is 11.4 Å². The number of carbonyl (C=O) groups excluding carboxylic acids is 3. The van der Waals surface area contributed by atoms with Crippen molar-refractivity contribution in [1.29, 1.82) is 0 Å². The summed E-state index contributed by atoms with van der Waals surface area (Å²) >= 11 is 7.21. The highest BCUT2D eigenvalue weighted by molar-refractivity contribution is 7.14. The van der Waals surface area contributed by atoms with Gasteiger partial charge in [-0.1, -0.05) is 11.6 Å². The van der Waals surface area contributed by atoms with Crippen LogP contribution in [0, 0.1) is 6.92 Å². The minimum absolute atomic E-state index is 0.0533. The van der Waals surface area contributed by atoms with Gasteiger partial charge in [0.15, 0.2) is 6.61 Å². The largest absolute Gasteiger partial charge is 0.451 e. The lowest BCUT2D eigenvalue weighted by atomic mass is 10.1. The van der Waals surface area contributed by atoms with E-state index in [1.54, 1.807) is 37.3 Å². The normalized spacial score (nSPS) is 10.8. The number of ketones is 1. The van der Waals surface area contributed by atoms with Gasteiger partial charge in [-0.05, 0) is 37.3 Å². The molecule has 1 aromatic carbocycles. The fourth-order valence-electron chi connectivity index (χ4n) is 2.49. The molecule has 1 N–H and O–H groups in total. The van der Waals surface area contributed by atoms with Crippen LogP contribution in [0.2, 0.25) is 5.02 Å². The zero-order valence-corrected chi connectivity index (χ0v) is 16.2. The maximum absolute atomic E-state index is 12.3. The molecule has 1 amide bonds. The Bertz CT molecular complexity index is 1040. The minimum Gasteiger partial charge on any atom is -0.451 e. The fourth-order valence-corrected chi connectivity index (χ4v) is 3.53. The van der Waals surface area contributed by atoms with E-state index in [0.717, 1.165) is 10.3 Å². The van der Waals surface area contributed by atoms with Crippen LogP contribution >= 0.6 is 22.9 Å². The first-order chi connectivity index (χ1) is 12.8. The van der Waals surface area contributed by atoms with Crippen molar-refractivity contribution >= 4 is 51.6 Å². The van der Waals surface area contributed by atoms with E-state index in [1.807, 2.05) is 0 Å². The molecule has 0 aliphatic carbocycles. The summed E-state index contributed by atoms with van der Waals surface area (Å²) < 4.78 is 10.6. The molecule has 2 heterocycles. The molecule has 6 nitrogen and oxygen atoms in total. The third kappa shape index (κ3) is 4.37. The van der Waals surface area contributed by atoms with Crippen molar-refractivity contribution < 1.29 is 23.5 Å². The van der Waals surface area contributed by atoms with Crippen molar-refractivity contribution in [3.63, 3.8) is 0 Å². The number of benzene rings is 1. The van der Waals surface area contributed by atoms with Gasteiger partial charge < -0.3 is 14.5 Å². The van der Waals surface area contributed by atoms with Crippen molar-refractivity contribution in [2.24, 2.45) is 0 Å². The summed E-state index contributed by atoms with van der Waals surface area (Å²) in [6.45, 7) is 3.12. The van der Waals surface area contributed by atoms with Gasteiger partial charge in [-0.15, -0.1) is 11.3 Å². The quantitative estimate of drug-likeness (QED) is 0.492. The Labute approximate surface area is 164 Å². The highest BCUT2D eigenvalue weighted by atomic mass is 35.5. The monoisotopic (exact) mass is 405 g/mol. The molecule has 0 aliphatic heterocycles. The lowest BCUT2D eigenvalue weighted by molar-refractivity contribution is -0.119. The fraction of sp³-hybridized carbons (Fsp3) is 0.211. The number of fused-ring (bicyclic) bond motifs is 1. The molecule has 0 saturated heterocycles. The second kappa shape index (κ2) is 7.94. The Kier molecular flexibility index (Phi) is 5.62. The van der Waals surface area contributed by atoms with E-state index in [-0.39, 0.29) is 17.5 Å². The van der Waals surface area contributed by atoms with Gasteiger partial charge in [0.25, 0.3) is 0 Å². The van der Waals surface area contributed by atoms with Crippen LogP contribution in [0.1, 0.15) is 37.6 Å². The predicted octanol–water partition coefficient (Wildman–Crippen LogP) is 4.13. The highest BCUT2D eigenvalue weighted by Crippen LogP contribution is 2.28. The molecule has 0 aliphatic rings. The predicted molar refractivity (Wildman–Crippen MR) is 102 cm³/mol. The van der Waals surface area contributed by atoms with E-state index in [0.29, 0.717) is 27.6 Å². The Balaban J connectivity index is 1.64. The third-order valence-electron chi connectivity index (χ3n) is 3.87. The number of ether oxygens (including phenoxy) is 1. The second-order valence-electron chi connectivity index (χ2n) is 5.87. The molecule has 0 unspecified atom stereocenters. The number of hydrogen-bond donors (Lipinski definition) is 1. The van der Waals surface area contributed by atoms with Gasteiger partial charge in [0.2, 0.25) is 17.5 Å².